The summed E-state index contributed by atoms with van der Waals surface area (Å²) in [6.07, 6.45) is 0. The van der Waals surface area contributed by atoms with Crippen molar-refractivity contribution in [3.05, 3.63) is 78.4 Å². The third-order valence-electron chi connectivity index (χ3n) is 5.09. The van der Waals surface area contributed by atoms with Crippen LogP contribution in [0.4, 0.5) is 0 Å². The number of carboxylic acids is 2. The van der Waals surface area contributed by atoms with E-state index in [4.69, 9.17) is 19.8 Å². The van der Waals surface area contributed by atoms with Crippen LogP contribution in [0.25, 0.3) is 10.8 Å². The number of hydrogen-bond acceptors (Lipinski definition) is 5. The predicted octanol–water partition coefficient (Wildman–Crippen LogP) is 2.14. The Bertz CT molecular complexity index is 1260. The van der Waals surface area contributed by atoms with Gasteiger partial charge in [0.15, 0.2) is 0 Å². The number of sulfonamides is 1. The molecule has 0 unspecified atom stereocenters. The molecule has 0 spiro atoms. The normalized spacial score (nSPS) is 14.2. The summed E-state index contributed by atoms with van der Waals surface area (Å²) in [5, 5.41) is 16.7. The molecule has 2 N–H and O–H groups in total. The molecule has 3 aromatic rings. The molecule has 0 saturated carbocycles. The van der Waals surface area contributed by atoms with Gasteiger partial charge in [0, 0.05) is 31.7 Å². The van der Waals surface area contributed by atoms with Crippen LogP contribution in [0.5, 0.6) is 0 Å². The van der Waals surface area contributed by atoms with Crippen molar-refractivity contribution in [3.63, 3.8) is 0 Å². The van der Waals surface area contributed by atoms with Crippen molar-refractivity contribution < 1.29 is 33.0 Å². The molecule has 1 amide bonds. The highest BCUT2D eigenvalue weighted by molar-refractivity contribution is 7.89. The van der Waals surface area contributed by atoms with Crippen LogP contribution in [0.15, 0.2) is 77.7 Å². The Labute approximate surface area is 190 Å². The van der Waals surface area contributed by atoms with E-state index in [1.54, 1.807) is 29.2 Å². The highest BCUT2D eigenvalue weighted by atomic mass is 32.2. The molecule has 1 fully saturated rings. The van der Waals surface area contributed by atoms with Crippen molar-refractivity contribution in [2.24, 2.45) is 0 Å². The Balaban J connectivity index is 0.000000454. The number of nitrogens with zero attached hydrogens (tertiary/aromatic N) is 2. The second-order valence-electron chi connectivity index (χ2n) is 7.18. The largest absolute Gasteiger partial charge is 0.473 e. The lowest BCUT2D eigenvalue weighted by Crippen LogP contribution is -2.50. The van der Waals surface area contributed by atoms with Crippen molar-refractivity contribution in [2.45, 2.75) is 4.90 Å². The number of amides is 1. The van der Waals surface area contributed by atoms with E-state index in [9.17, 15) is 13.2 Å². The number of rotatable bonds is 3. The SMILES string of the molecule is O=C(O)C(=O)O.O=C(c1ccccc1)N1CCN(S(=O)(=O)c2ccc3ccccc3c2)CC1. The van der Waals surface area contributed by atoms with E-state index >= 15 is 0 Å². The summed E-state index contributed by atoms with van der Waals surface area (Å²) >= 11 is 0. The van der Waals surface area contributed by atoms with Gasteiger partial charge in [-0.3, -0.25) is 4.79 Å². The Hall–Kier alpha value is -3.76. The second kappa shape index (κ2) is 10.2. The Morgan fingerprint density at radius 3 is 1.82 bits per heavy atom. The highest BCUT2D eigenvalue weighted by Gasteiger charge is 2.30. The van der Waals surface area contributed by atoms with Crippen LogP contribution in [0.2, 0.25) is 0 Å². The van der Waals surface area contributed by atoms with Gasteiger partial charge in [-0.2, -0.15) is 4.31 Å². The molecule has 9 nitrogen and oxygen atoms in total. The van der Waals surface area contributed by atoms with Crippen LogP contribution in [-0.4, -0.2) is 71.9 Å². The third-order valence-corrected chi connectivity index (χ3v) is 6.98. The number of hydrogen-bond donors (Lipinski definition) is 2. The molecule has 1 heterocycles. The van der Waals surface area contributed by atoms with E-state index in [1.807, 2.05) is 48.5 Å². The van der Waals surface area contributed by atoms with Crippen molar-refractivity contribution in [2.75, 3.05) is 26.2 Å². The van der Waals surface area contributed by atoms with Crippen LogP contribution in [0.1, 0.15) is 10.4 Å². The minimum atomic E-state index is -3.57. The van der Waals surface area contributed by atoms with Gasteiger partial charge in [0.2, 0.25) is 10.0 Å². The zero-order chi connectivity index (χ0) is 24.0. The van der Waals surface area contributed by atoms with E-state index in [0.29, 0.717) is 36.6 Å². The summed E-state index contributed by atoms with van der Waals surface area (Å²) in [5.74, 6) is -3.71. The van der Waals surface area contributed by atoms with Gasteiger partial charge in [0.25, 0.3) is 5.91 Å². The third kappa shape index (κ3) is 5.73. The molecule has 10 heteroatoms. The maximum atomic E-state index is 13.0. The van der Waals surface area contributed by atoms with Gasteiger partial charge in [0.05, 0.1) is 4.90 Å². The molecular formula is C23H22N2O7S. The maximum Gasteiger partial charge on any atom is 0.414 e. The summed E-state index contributed by atoms with van der Waals surface area (Å²) in [6, 6.07) is 22.0. The molecule has 3 aromatic carbocycles. The number of benzene rings is 3. The topological polar surface area (TPSA) is 132 Å². The number of fused-ring (bicyclic) bond motifs is 1. The predicted molar refractivity (Wildman–Crippen MR) is 120 cm³/mol. The summed E-state index contributed by atoms with van der Waals surface area (Å²) in [7, 11) is -3.57. The Morgan fingerprint density at radius 2 is 1.24 bits per heavy atom. The fraction of sp³-hybridized carbons (Fsp3) is 0.174. The Morgan fingerprint density at radius 1 is 0.697 bits per heavy atom. The van der Waals surface area contributed by atoms with Crippen molar-refractivity contribution >= 4 is 38.6 Å². The second-order valence-corrected chi connectivity index (χ2v) is 9.12. The minimum Gasteiger partial charge on any atom is -0.473 e. The molecule has 0 aliphatic carbocycles. The van der Waals surface area contributed by atoms with E-state index in [-0.39, 0.29) is 5.91 Å². The molecule has 1 aliphatic heterocycles. The van der Waals surface area contributed by atoms with Crippen LogP contribution in [0.3, 0.4) is 0 Å². The first-order chi connectivity index (χ1) is 15.7. The first-order valence-electron chi connectivity index (χ1n) is 9.99. The van der Waals surface area contributed by atoms with Gasteiger partial charge in [-0.25, -0.2) is 18.0 Å². The zero-order valence-electron chi connectivity index (χ0n) is 17.5. The molecule has 0 bridgehead atoms. The summed E-state index contributed by atoms with van der Waals surface area (Å²) in [6.45, 7) is 1.38. The first kappa shape index (κ1) is 23.9. The van der Waals surface area contributed by atoms with Crippen LogP contribution >= 0.6 is 0 Å². The monoisotopic (exact) mass is 470 g/mol. The lowest BCUT2D eigenvalue weighted by Gasteiger charge is -2.34. The average Bonchev–Trinajstić information content (AvgIpc) is 2.84. The fourth-order valence-corrected chi connectivity index (χ4v) is 4.83. The van der Waals surface area contributed by atoms with Gasteiger partial charge in [-0.1, -0.05) is 48.5 Å². The molecule has 4 rings (SSSR count). The molecule has 1 saturated heterocycles. The number of carbonyl (C=O) groups is 3. The van der Waals surface area contributed by atoms with Crippen LogP contribution < -0.4 is 0 Å². The van der Waals surface area contributed by atoms with Crippen LogP contribution in [-0.2, 0) is 19.6 Å². The lowest BCUT2D eigenvalue weighted by molar-refractivity contribution is -0.159. The van der Waals surface area contributed by atoms with E-state index < -0.39 is 22.0 Å². The van der Waals surface area contributed by atoms with E-state index in [2.05, 4.69) is 0 Å². The Kier molecular flexibility index (Phi) is 7.41. The molecule has 1 aliphatic rings. The summed E-state index contributed by atoms with van der Waals surface area (Å²) < 4.78 is 27.5. The first-order valence-corrected chi connectivity index (χ1v) is 11.4. The number of aliphatic carboxylic acids is 2. The number of piperazine rings is 1. The van der Waals surface area contributed by atoms with Gasteiger partial charge >= 0.3 is 11.9 Å². The van der Waals surface area contributed by atoms with Gasteiger partial charge < -0.3 is 15.1 Å². The summed E-state index contributed by atoms with van der Waals surface area (Å²) in [4.78, 5) is 32.7. The van der Waals surface area contributed by atoms with Crippen molar-refractivity contribution in [1.82, 2.24) is 9.21 Å². The number of carbonyl (C=O) groups excluding carboxylic acids is 1. The highest BCUT2D eigenvalue weighted by Crippen LogP contribution is 2.23. The van der Waals surface area contributed by atoms with E-state index in [1.165, 1.54) is 4.31 Å². The lowest BCUT2D eigenvalue weighted by atomic mass is 10.1. The van der Waals surface area contributed by atoms with Crippen LogP contribution in [0, 0.1) is 0 Å². The maximum absolute atomic E-state index is 13.0. The zero-order valence-corrected chi connectivity index (χ0v) is 18.3. The van der Waals surface area contributed by atoms with Gasteiger partial charge in [-0.05, 0) is 35.0 Å². The fourth-order valence-electron chi connectivity index (χ4n) is 3.37. The molecule has 0 radical (unpaired) electrons. The number of carboxylic acid groups (broad SMARTS) is 2. The average molecular weight is 471 g/mol. The van der Waals surface area contributed by atoms with E-state index in [0.717, 1.165) is 10.8 Å². The smallest absolute Gasteiger partial charge is 0.414 e. The van der Waals surface area contributed by atoms with Crippen molar-refractivity contribution in [1.29, 1.82) is 0 Å². The minimum absolute atomic E-state index is 0.0571. The van der Waals surface area contributed by atoms with Gasteiger partial charge in [-0.15, -0.1) is 0 Å². The van der Waals surface area contributed by atoms with Crippen molar-refractivity contribution in [3.8, 4) is 0 Å². The standard InChI is InChI=1S/C21H20N2O3S.C2H2O4/c24-21(18-7-2-1-3-8-18)22-12-14-23(15-13-22)27(25,26)20-11-10-17-6-4-5-9-19(17)16-20;3-1(4)2(5)6/h1-11,16H,12-15H2;(H,3,4)(H,5,6). The molecule has 172 valence electrons. The summed E-state index contributed by atoms with van der Waals surface area (Å²) in [5.41, 5.74) is 0.628. The molecular weight excluding hydrogens is 448 g/mol. The molecule has 0 aromatic heterocycles. The molecule has 33 heavy (non-hydrogen) atoms. The quantitative estimate of drug-likeness (QED) is 0.561. The molecule has 0 atom stereocenters. The van der Waals surface area contributed by atoms with Gasteiger partial charge in [0.1, 0.15) is 0 Å².